The standard InChI is InChI=1S/C12H20N2O2S/c1-9(2)17(15,16)14-8-10(3)11-4-6-12(13)7-5-11/h4-7,9-10,14H,8,13H2,1-3H3. The van der Waals surface area contributed by atoms with E-state index in [2.05, 4.69) is 4.72 Å². The smallest absolute Gasteiger partial charge is 0.213 e. The SMILES string of the molecule is CC(CNS(=O)(=O)C(C)C)c1ccc(N)cc1. The number of nitrogens with one attached hydrogen (secondary N) is 1. The van der Waals surface area contributed by atoms with Gasteiger partial charge in [-0.2, -0.15) is 0 Å². The highest BCUT2D eigenvalue weighted by Crippen LogP contribution is 2.16. The lowest BCUT2D eigenvalue weighted by Crippen LogP contribution is -2.33. The molecule has 17 heavy (non-hydrogen) atoms. The molecule has 3 N–H and O–H groups in total. The van der Waals surface area contributed by atoms with Crippen LogP contribution in [0.4, 0.5) is 5.69 Å². The van der Waals surface area contributed by atoms with Crippen molar-refractivity contribution in [2.75, 3.05) is 12.3 Å². The predicted molar refractivity (Wildman–Crippen MR) is 71.3 cm³/mol. The van der Waals surface area contributed by atoms with Gasteiger partial charge in [-0.3, -0.25) is 0 Å². The Kier molecular flexibility index (Phi) is 4.54. The van der Waals surface area contributed by atoms with Crippen LogP contribution in [0, 0.1) is 0 Å². The molecule has 0 amide bonds. The first-order chi connectivity index (χ1) is 7.83. The number of hydrogen-bond acceptors (Lipinski definition) is 3. The topological polar surface area (TPSA) is 72.2 Å². The minimum Gasteiger partial charge on any atom is -0.399 e. The maximum atomic E-state index is 11.6. The van der Waals surface area contributed by atoms with Crippen molar-refractivity contribution in [3.05, 3.63) is 29.8 Å². The number of nitrogen functional groups attached to an aromatic ring is 1. The first-order valence-electron chi connectivity index (χ1n) is 5.67. The lowest BCUT2D eigenvalue weighted by Gasteiger charge is -2.15. The minimum absolute atomic E-state index is 0.129. The van der Waals surface area contributed by atoms with E-state index in [1.54, 1.807) is 13.8 Å². The summed E-state index contributed by atoms with van der Waals surface area (Å²) in [6.45, 7) is 5.71. The molecule has 0 aromatic heterocycles. The molecule has 0 aliphatic rings. The normalized spacial score (nSPS) is 13.9. The van der Waals surface area contributed by atoms with Crippen LogP contribution >= 0.6 is 0 Å². The number of benzene rings is 1. The van der Waals surface area contributed by atoms with Gasteiger partial charge in [-0.05, 0) is 37.5 Å². The van der Waals surface area contributed by atoms with Gasteiger partial charge in [0.25, 0.3) is 0 Å². The van der Waals surface area contributed by atoms with Gasteiger partial charge in [0.15, 0.2) is 0 Å². The summed E-state index contributed by atoms with van der Waals surface area (Å²) >= 11 is 0. The Hall–Kier alpha value is -1.07. The second-order valence-corrected chi connectivity index (χ2v) is 6.83. The van der Waals surface area contributed by atoms with Crippen molar-refractivity contribution in [3.63, 3.8) is 0 Å². The molecule has 0 fully saturated rings. The van der Waals surface area contributed by atoms with Crippen LogP contribution in [0.1, 0.15) is 32.3 Å². The van der Waals surface area contributed by atoms with Crippen molar-refractivity contribution in [2.45, 2.75) is 31.9 Å². The van der Waals surface area contributed by atoms with Crippen LogP contribution in [-0.2, 0) is 10.0 Å². The maximum absolute atomic E-state index is 11.6. The van der Waals surface area contributed by atoms with Crippen molar-refractivity contribution in [2.24, 2.45) is 0 Å². The molecule has 0 heterocycles. The molecule has 0 aliphatic heterocycles. The minimum atomic E-state index is -3.18. The van der Waals surface area contributed by atoms with Gasteiger partial charge >= 0.3 is 0 Å². The molecular weight excluding hydrogens is 236 g/mol. The van der Waals surface area contributed by atoms with E-state index in [-0.39, 0.29) is 5.92 Å². The fourth-order valence-corrected chi connectivity index (χ4v) is 2.17. The average molecular weight is 256 g/mol. The first-order valence-corrected chi connectivity index (χ1v) is 7.21. The van der Waals surface area contributed by atoms with E-state index in [1.165, 1.54) is 0 Å². The van der Waals surface area contributed by atoms with Crippen molar-refractivity contribution >= 4 is 15.7 Å². The monoisotopic (exact) mass is 256 g/mol. The predicted octanol–water partition coefficient (Wildman–Crippen LogP) is 1.70. The van der Waals surface area contributed by atoms with Crippen LogP contribution in [0.3, 0.4) is 0 Å². The van der Waals surface area contributed by atoms with Gasteiger partial charge in [0.05, 0.1) is 5.25 Å². The molecule has 0 radical (unpaired) electrons. The summed E-state index contributed by atoms with van der Waals surface area (Å²) in [6, 6.07) is 7.49. The fourth-order valence-electron chi connectivity index (χ4n) is 1.35. The van der Waals surface area contributed by atoms with Crippen LogP contribution < -0.4 is 10.5 Å². The zero-order valence-electron chi connectivity index (χ0n) is 10.5. The summed E-state index contributed by atoms with van der Waals surface area (Å²) in [7, 11) is -3.18. The second kappa shape index (κ2) is 5.51. The van der Waals surface area contributed by atoms with Gasteiger partial charge in [-0.15, -0.1) is 0 Å². The van der Waals surface area contributed by atoms with Crippen molar-refractivity contribution in [3.8, 4) is 0 Å². The third-order valence-electron chi connectivity index (χ3n) is 2.72. The van der Waals surface area contributed by atoms with E-state index in [0.29, 0.717) is 12.2 Å². The van der Waals surface area contributed by atoms with E-state index in [1.807, 2.05) is 31.2 Å². The molecule has 0 saturated heterocycles. The number of rotatable bonds is 5. The van der Waals surface area contributed by atoms with Crippen LogP contribution in [-0.4, -0.2) is 20.2 Å². The van der Waals surface area contributed by atoms with Gasteiger partial charge in [-0.25, -0.2) is 13.1 Å². The highest BCUT2D eigenvalue weighted by molar-refractivity contribution is 7.90. The van der Waals surface area contributed by atoms with Gasteiger partial charge in [0, 0.05) is 12.2 Å². The van der Waals surface area contributed by atoms with Crippen LogP contribution in [0.25, 0.3) is 0 Å². The Morgan fingerprint density at radius 2 is 1.71 bits per heavy atom. The van der Waals surface area contributed by atoms with Crippen molar-refractivity contribution < 1.29 is 8.42 Å². The maximum Gasteiger partial charge on any atom is 0.213 e. The molecule has 1 aromatic rings. The molecule has 0 spiro atoms. The Morgan fingerprint density at radius 1 is 1.18 bits per heavy atom. The Bertz CT molecular complexity index is 452. The number of anilines is 1. The summed E-state index contributed by atoms with van der Waals surface area (Å²) < 4.78 is 25.8. The van der Waals surface area contributed by atoms with E-state index < -0.39 is 15.3 Å². The average Bonchev–Trinajstić information content (AvgIpc) is 2.27. The lowest BCUT2D eigenvalue weighted by molar-refractivity contribution is 0.566. The van der Waals surface area contributed by atoms with Gasteiger partial charge in [-0.1, -0.05) is 19.1 Å². The summed E-state index contributed by atoms with van der Waals surface area (Å²) in [5.41, 5.74) is 7.38. The first kappa shape index (κ1) is 14.0. The molecule has 4 nitrogen and oxygen atoms in total. The third-order valence-corrected chi connectivity index (χ3v) is 4.53. The molecule has 0 aliphatic carbocycles. The number of nitrogens with two attached hydrogens (primary N) is 1. The largest absolute Gasteiger partial charge is 0.399 e. The molecule has 5 heteroatoms. The molecule has 1 rings (SSSR count). The summed E-state index contributed by atoms with van der Waals surface area (Å²) in [5.74, 6) is 0.129. The zero-order valence-corrected chi connectivity index (χ0v) is 11.3. The molecule has 1 unspecified atom stereocenters. The molecule has 0 bridgehead atoms. The molecule has 1 aromatic carbocycles. The van der Waals surface area contributed by atoms with E-state index in [9.17, 15) is 8.42 Å². The Labute approximate surface area is 103 Å². The highest BCUT2D eigenvalue weighted by atomic mass is 32.2. The fraction of sp³-hybridized carbons (Fsp3) is 0.500. The summed E-state index contributed by atoms with van der Waals surface area (Å²) in [4.78, 5) is 0. The molecule has 96 valence electrons. The Morgan fingerprint density at radius 3 is 2.18 bits per heavy atom. The number of sulfonamides is 1. The number of hydrogen-bond donors (Lipinski definition) is 2. The lowest BCUT2D eigenvalue weighted by atomic mass is 10.0. The third kappa shape index (κ3) is 4.02. The van der Waals surface area contributed by atoms with E-state index >= 15 is 0 Å². The van der Waals surface area contributed by atoms with Gasteiger partial charge in [0.2, 0.25) is 10.0 Å². The highest BCUT2D eigenvalue weighted by Gasteiger charge is 2.16. The Balaban J connectivity index is 2.62. The summed E-state index contributed by atoms with van der Waals surface area (Å²) in [6.07, 6.45) is 0. The van der Waals surface area contributed by atoms with Crippen LogP contribution in [0.15, 0.2) is 24.3 Å². The quantitative estimate of drug-likeness (QED) is 0.788. The van der Waals surface area contributed by atoms with E-state index in [4.69, 9.17) is 5.73 Å². The van der Waals surface area contributed by atoms with Crippen LogP contribution in [0.5, 0.6) is 0 Å². The van der Waals surface area contributed by atoms with E-state index in [0.717, 1.165) is 5.56 Å². The molecule has 1 atom stereocenters. The van der Waals surface area contributed by atoms with Crippen LogP contribution in [0.2, 0.25) is 0 Å². The second-order valence-electron chi connectivity index (χ2n) is 4.51. The van der Waals surface area contributed by atoms with Gasteiger partial charge in [0.1, 0.15) is 0 Å². The molecular formula is C12H20N2O2S. The zero-order chi connectivity index (χ0) is 13.1. The van der Waals surface area contributed by atoms with Gasteiger partial charge < -0.3 is 5.73 Å². The van der Waals surface area contributed by atoms with Crippen molar-refractivity contribution in [1.29, 1.82) is 0 Å². The molecule has 0 saturated carbocycles. The summed E-state index contributed by atoms with van der Waals surface area (Å²) in [5, 5.41) is -0.402. The van der Waals surface area contributed by atoms with Crippen molar-refractivity contribution in [1.82, 2.24) is 4.72 Å².